The summed E-state index contributed by atoms with van der Waals surface area (Å²) in [6, 6.07) is 0.273. The Kier molecular flexibility index (Phi) is 6.24. The summed E-state index contributed by atoms with van der Waals surface area (Å²) in [6.45, 7) is 7.09. The van der Waals surface area contributed by atoms with Crippen LogP contribution < -0.4 is 10.9 Å². The molecule has 5 nitrogen and oxygen atoms in total. The quantitative estimate of drug-likeness (QED) is 0.777. The lowest BCUT2D eigenvalue weighted by Gasteiger charge is -2.18. The highest BCUT2D eigenvalue weighted by molar-refractivity contribution is 9.10. The highest BCUT2D eigenvalue weighted by atomic mass is 79.9. The van der Waals surface area contributed by atoms with Gasteiger partial charge in [-0.05, 0) is 49.9 Å². The van der Waals surface area contributed by atoms with E-state index in [-0.39, 0.29) is 11.6 Å². The van der Waals surface area contributed by atoms with Gasteiger partial charge in [-0.3, -0.25) is 4.79 Å². The molecule has 0 spiro atoms. The van der Waals surface area contributed by atoms with Crippen LogP contribution in [-0.2, 0) is 6.54 Å². The van der Waals surface area contributed by atoms with E-state index in [4.69, 9.17) is 0 Å². The van der Waals surface area contributed by atoms with E-state index in [1.54, 1.807) is 12.3 Å². The first-order valence-corrected chi connectivity index (χ1v) is 7.02. The lowest BCUT2D eigenvalue weighted by molar-refractivity contribution is 0.390. The Labute approximate surface area is 122 Å². The zero-order valence-electron chi connectivity index (χ0n) is 11.7. The maximum atomic E-state index is 12.0. The summed E-state index contributed by atoms with van der Waals surface area (Å²) >= 11 is 3.33. The molecule has 1 aromatic heterocycles. The molecule has 6 heteroatoms. The van der Waals surface area contributed by atoms with E-state index < -0.39 is 0 Å². The first-order chi connectivity index (χ1) is 8.95. The van der Waals surface area contributed by atoms with E-state index >= 15 is 0 Å². The van der Waals surface area contributed by atoms with Gasteiger partial charge >= 0.3 is 0 Å². The number of anilines is 1. The first-order valence-electron chi connectivity index (χ1n) is 6.23. The Morgan fingerprint density at radius 2 is 2.32 bits per heavy atom. The zero-order chi connectivity index (χ0) is 14.4. The fraction of sp³-hybridized carbons (Fsp3) is 0.538. The molecular weight excluding hydrogens is 308 g/mol. The van der Waals surface area contributed by atoms with Crippen molar-refractivity contribution in [3.05, 3.63) is 33.7 Å². The maximum Gasteiger partial charge on any atom is 0.283 e. The molecule has 106 valence electrons. The number of hydrogen-bond donors (Lipinski definition) is 1. The Morgan fingerprint density at radius 3 is 2.89 bits per heavy atom. The van der Waals surface area contributed by atoms with Crippen LogP contribution in [0.15, 0.2) is 28.1 Å². The third kappa shape index (κ3) is 4.80. The topological polar surface area (TPSA) is 50.2 Å². The molecule has 1 aromatic rings. The standard InChI is InChI=1S/C13H21BrN4O/c1-5-7-18-13(19)12(14)11(9-15-18)16-10(2)6-8-17(3)4/h5,9-10,16H,1,6-8H2,2-4H3. The van der Waals surface area contributed by atoms with Crippen molar-refractivity contribution >= 4 is 21.6 Å². The molecule has 1 atom stereocenters. The summed E-state index contributed by atoms with van der Waals surface area (Å²) in [6.07, 6.45) is 4.31. The van der Waals surface area contributed by atoms with Gasteiger partial charge in [0.2, 0.25) is 0 Å². The molecule has 0 aliphatic rings. The van der Waals surface area contributed by atoms with Gasteiger partial charge in [-0.15, -0.1) is 6.58 Å². The van der Waals surface area contributed by atoms with Crippen LogP contribution in [0.4, 0.5) is 5.69 Å². The van der Waals surface area contributed by atoms with Gasteiger partial charge in [0, 0.05) is 6.04 Å². The van der Waals surface area contributed by atoms with E-state index in [0.29, 0.717) is 11.0 Å². The van der Waals surface area contributed by atoms with Crippen molar-refractivity contribution in [3.63, 3.8) is 0 Å². The van der Waals surface area contributed by atoms with Crippen molar-refractivity contribution in [2.24, 2.45) is 0 Å². The second-order valence-corrected chi connectivity index (χ2v) is 5.58. The minimum absolute atomic E-state index is 0.148. The lowest BCUT2D eigenvalue weighted by Crippen LogP contribution is -2.27. The number of nitrogens with one attached hydrogen (secondary N) is 1. The number of nitrogens with zero attached hydrogens (tertiary/aromatic N) is 3. The van der Waals surface area contributed by atoms with Crippen molar-refractivity contribution < 1.29 is 0 Å². The number of allylic oxidation sites excluding steroid dienone is 1. The van der Waals surface area contributed by atoms with Gasteiger partial charge in [-0.25, -0.2) is 4.68 Å². The smallest absolute Gasteiger partial charge is 0.283 e. The number of hydrogen-bond acceptors (Lipinski definition) is 4. The van der Waals surface area contributed by atoms with Crippen molar-refractivity contribution in [2.45, 2.75) is 25.9 Å². The van der Waals surface area contributed by atoms with Gasteiger partial charge in [0.1, 0.15) is 4.47 Å². The summed E-state index contributed by atoms with van der Waals surface area (Å²) < 4.78 is 1.88. The van der Waals surface area contributed by atoms with E-state index in [1.807, 2.05) is 14.1 Å². The van der Waals surface area contributed by atoms with Crippen LogP contribution >= 0.6 is 15.9 Å². The fourth-order valence-electron chi connectivity index (χ4n) is 1.61. The van der Waals surface area contributed by atoms with E-state index in [0.717, 1.165) is 18.7 Å². The van der Waals surface area contributed by atoms with Gasteiger partial charge in [-0.2, -0.15) is 5.10 Å². The molecule has 0 fully saturated rings. The van der Waals surface area contributed by atoms with Crippen molar-refractivity contribution in [1.29, 1.82) is 0 Å². The minimum atomic E-state index is -0.148. The molecule has 0 aromatic carbocycles. The highest BCUT2D eigenvalue weighted by Crippen LogP contribution is 2.17. The molecule has 1 N–H and O–H groups in total. The number of aromatic nitrogens is 2. The third-order valence-electron chi connectivity index (χ3n) is 2.70. The van der Waals surface area contributed by atoms with Gasteiger partial charge < -0.3 is 10.2 Å². The zero-order valence-corrected chi connectivity index (χ0v) is 13.3. The van der Waals surface area contributed by atoms with Gasteiger partial charge in [0.05, 0.1) is 18.4 Å². The predicted octanol–water partition coefficient (Wildman–Crippen LogP) is 1.94. The van der Waals surface area contributed by atoms with E-state index in [9.17, 15) is 4.79 Å². The molecule has 0 amide bonds. The van der Waals surface area contributed by atoms with E-state index in [1.165, 1.54) is 4.68 Å². The Morgan fingerprint density at radius 1 is 1.63 bits per heavy atom. The third-order valence-corrected chi connectivity index (χ3v) is 3.46. The van der Waals surface area contributed by atoms with Crippen LogP contribution in [0.2, 0.25) is 0 Å². The van der Waals surface area contributed by atoms with Gasteiger partial charge in [0.15, 0.2) is 0 Å². The fourth-order valence-corrected chi connectivity index (χ4v) is 2.03. The summed E-state index contributed by atoms with van der Waals surface area (Å²) in [4.78, 5) is 14.1. The second-order valence-electron chi connectivity index (χ2n) is 4.79. The van der Waals surface area contributed by atoms with Crippen molar-refractivity contribution in [1.82, 2.24) is 14.7 Å². The number of rotatable bonds is 7. The van der Waals surface area contributed by atoms with Crippen LogP contribution in [-0.4, -0.2) is 41.4 Å². The minimum Gasteiger partial charge on any atom is -0.380 e. The second kappa shape index (κ2) is 7.45. The molecule has 0 saturated heterocycles. The van der Waals surface area contributed by atoms with Crippen LogP contribution in [0.25, 0.3) is 0 Å². The van der Waals surface area contributed by atoms with Crippen LogP contribution in [0, 0.1) is 0 Å². The number of halogens is 1. The molecule has 1 heterocycles. The van der Waals surface area contributed by atoms with Crippen molar-refractivity contribution in [3.8, 4) is 0 Å². The Balaban J connectivity index is 2.77. The summed E-state index contributed by atoms with van der Waals surface area (Å²) in [5.74, 6) is 0. The monoisotopic (exact) mass is 328 g/mol. The molecule has 1 rings (SSSR count). The average Bonchev–Trinajstić information content (AvgIpc) is 2.36. The average molecular weight is 329 g/mol. The highest BCUT2D eigenvalue weighted by Gasteiger charge is 2.10. The summed E-state index contributed by atoms with van der Waals surface area (Å²) in [7, 11) is 4.08. The Hall–Kier alpha value is -1.14. The molecule has 0 aliphatic carbocycles. The van der Waals surface area contributed by atoms with Crippen LogP contribution in [0.1, 0.15) is 13.3 Å². The molecule has 0 saturated carbocycles. The summed E-state index contributed by atoms with van der Waals surface area (Å²) in [5.41, 5.74) is 0.585. The van der Waals surface area contributed by atoms with Crippen LogP contribution in [0.3, 0.4) is 0 Å². The molecule has 0 aliphatic heterocycles. The van der Waals surface area contributed by atoms with Crippen LogP contribution in [0.5, 0.6) is 0 Å². The SMILES string of the molecule is C=CCn1ncc(NC(C)CCN(C)C)c(Br)c1=O. The van der Waals surface area contributed by atoms with E-state index in [2.05, 4.69) is 44.7 Å². The van der Waals surface area contributed by atoms with Gasteiger partial charge in [0.25, 0.3) is 5.56 Å². The predicted molar refractivity (Wildman–Crippen MR) is 82.6 cm³/mol. The van der Waals surface area contributed by atoms with Gasteiger partial charge in [-0.1, -0.05) is 6.08 Å². The normalized spacial score (nSPS) is 12.5. The van der Waals surface area contributed by atoms with Crippen molar-refractivity contribution in [2.75, 3.05) is 26.0 Å². The Bertz CT molecular complexity index is 484. The lowest BCUT2D eigenvalue weighted by atomic mass is 10.2. The molecule has 1 unspecified atom stereocenters. The molecule has 0 radical (unpaired) electrons. The molecule has 0 bridgehead atoms. The molecule has 19 heavy (non-hydrogen) atoms. The summed E-state index contributed by atoms with van der Waals surface area (Å²) in [5, 5.41) is 7.41. The first kappa shape index (κ1) is 15.9. The maximum absolute atomic E-state index is 12.0. The largest absolute Gasteiger partial charge is 0.380 e. The molecular formula is C13H21BrN4O.